The van der Waals surface area contributed by atoms with Crippen LogP contribution in [0.2, 0.25) is 0 Å². The molecule has 25 heavy (non-hydrogen) atoms. The van der Waals surface area contributed by atoms with E-state index < -0.39 is 6.10 Å². The summed E-state index contributed by atoms with van der Waals surface area (Å²) in [6, 6.07) is 11.5. The van der Waals surface area contributed by atoms with E-state index in [1.165, 1.54) is 16.7 Å². The summed E-state index contributed by atoms with van der Waals surface area (Å²) in [6.07, 6.45) is -0.620. The lowest BCUT2D eigenvalue weighted by molar-refractivity contribution is -0.127. The summed E-state index contributed by atoms with van der Waals surface area (Å²) in [6.45, 7) is 9.98. The molecule has 0 aliphatic rings. The Labute approximate surface area is 150 Å². The molecule has 2 aromatic rings. The van der Waals surface area contributed by atoms with E-state index in [1.807, 2.05) is 19.1 Å². The quantitative estimate of drug-likeness (QED) is 0.854. The fraction of sp³-hybridized carbons (Fsp3) is 0.381. The van der Waals surface area contributed by atoms with Crippen molar-refractivity contribution in [2.75, 3.05) is 7.11 Å². The molecule has 0 heterocycles. The van der Waals surface area contributed by atoms with Crippen LogP contribution in [0.3, 0.4) is 0 Å². The smallest absolute Gasteiger partial charge is 0.261 e. The molecule has 2 aromatic carbocycles. The molecule has 2 atom stereocenters. The van der Waals surface area contributed by atoms with Crippen molar-refractivity contribution in [3.8, 4) is 11.5 Å². The first-order chi connectivity index (χ1) is 11.8. The molecule has 1 amide bonds. The SMILES string of the molecule is COc1ccccc1OC(C)C(=O)NC(C)c1cc(C)c(C)cc1C. The highest BCUT2D eigenvalue weighted by molar-refractivity contribution is 5.81. The van der Waals surface area contributed by atoms with Crippen molar-refractivity contribution in [1.29, 1.82) is 0 Å². The van der Waals surface area contributed by atoms with Crippen molar-refractivity contribution < 1.29 is 14.3 Å². The molecule has 0 bridgehead atoms. The number of hydrogen-bond donors (Lipinski definition) is 1. The molecule has 0 saturated carbocycles. The number of carbonyl (C=O) groups excluding carboxylic acids is 1. The highest BCUT2D eigenvalue weighted by Gasteiger charge is 2.20. The van der Waals surface area contributed by atoms with Crippen LogP contribution in [-0.2, 0) is 4.79 Å². The zero-order valence-corrected chi connectivity index (χ0v) is 15.8. The predicted molar refractivity (Wildman–Crippen MR) is 100 cm³/mol. The van der Waals surface area contributed by atoms with E-state index in [0.717, 1.165) is 5.56 Å². The van der Waals surface area contributed by atoms with Crippen molar-refractivity contribution >= 4 is 5.91 Å². The number of ether oxygens (including phenoxy) is 2. The van der Waals surface area contributed by atoms with Crippen LogP contribution < -0.4 is 14.8 Å². The van der Waals surface area contributed by atoms with Gasteiger partial charge in [0.25, 0.3) is 5.91 Å². The van der Waals surface area contributed by atoms with Crippen LogP contribution in [0, 0.1) is 20.8 Å². The van der Waals surface area contributed by atoms with Gasteiger partial charge in [-0.15, -0.1) is 0 Å². The molecule has 0 aliphatic carbocycles. The monoisotopic (exact) mass is 341 g/mol. The molecular weight excluding hydrogens is 314 g/mol. The summed E-state index contributed by atoms with van der Waals surface area (Å²) < 4.78 is 11.0. The van der Waals surface area contributed by atoms with Gasteiger partial charge < -0.3 is 14.8 Å². The Balaban J connectivity index is 2.07. The second-order valence-corrected chi connectivity index (χ2v) is 6.43. The van der Waals surface area contributed by atoms with E-state index in [9.17, 15) is 4.79 Å². The standard InChI is InChI=1S/C21H27NO3/c1-13-11-15(3)18(12-14(13)2)16(4)22-21(23)17(5)25-20-10-8-7-9-19(20)24-6/h7-12,16-17H,1-6H3,(H,22,23). The number of para-hydroxylation sites is 2. The number of benzene rings is 2. The molecule has 4 heteroatoms. The van der Waals surface area contributed by atoms with Crippen molar-refractivity contribution in [3.63, 3.8) is 0 Å². The minimum Gasteiger partial charge on any atom is -0.493 e. The zero-order chi connectivity index (χ0) is 18.6. The maximum atomic E-state index is 12.5. The summed E-state index contributed by atoms with van der Waals surface area (Å²) in [5.41, 5.74) is 4.78. The molecule has 0 aromatic heterocycles. The molecular formula is C21H27NO3. The maximum Gasteiger partial charge on any atom is 0.261 e. The first kappa shape index (κ1) is 18.8. The molecule has 1 N–H and O–H groups in total. The van der Waals surface area contributed by atoms with E-state index >= 15 is 0 Å². The number of aryl methyl sites for hydroxylation is 3. The Hall–Kier alpha value is -2.49. The summed E-state index contributed by atoms with van der Waals surface area (Å²) in [4.78, 5) is 12.5. The summed E-state index contributed by atoms with van der Waals surface area (Å²) in [7, 11) is 1.58. The van der Waals surface area contributed by atoms with Crippen LogP contribution in [0.1, 0.15) is 42.1 Å². The second-order valence-electron chi connectivity index (χ2n) is 6.43. The Kier molecular flexibility index (Phi) is 6.07. The van der Waals surface area contributed by atoms with E-state index in [1.54, 1.807) is 26.2 Å². The fourth-order valence-corrected chi connectivity index (χ4v) is 2.82. The lowest BCUT2D eigenvalue weighted by Gasteiger charge is -2.21. The number of hydrogen-bond acceptors (Lipinski definition) is 3. The molecule has 0 fully saturated rings. The van der Waals surface area contributed by atoms with E-state index in [0.29, 0.717) is 11.5 Å². The van der Waals surface area contributed by atoms with Crippen molar-refractivity contribution in [2.45, 2.75) is 46.8 Å². The van der Waals surface area contributed by atoms with Gasteiger partial charge in [-0.05, 0) is 69.0 Å². The van der Waals surface area contributed by atoms with Gasteiger partial charge in [-0.1, -0.05) is 24.3 Å². The molecule has 0 saturated heterocycles. The number of amides is 1. The average Bonchev–Trinajstić information content (AvgIpc) is 2.58. The van der Waals surface area contributed by atoms with Gasteiger partial charge >= 0.3 is 0 Å². The fourth-order valence-electron chi connectivity index (χ4n) is 2.82. The Bertz CT molecular complexity index is 755. The van der Waals surface area contributed by atoms with E-state index in [-0.39, 0.29) is 11.9 Å². The van der Waals surface area contributed by atoms with Crippen molar-refractivity contribution in [3.05, 3.63) is 58.7 Å². The van der Waals surface area contributed by atoms with E-state index in [2.05, 4.69) is 38.2 Å². The third-order valence-corrected chi connectivity index (χ3v) is 4.45. The number of carbonyl (C=O) groups is 1. The lowest BCUT2D eigenvalue weighted by atomic mass is 9.96. The normalized spacial score (nSPS) is 13.0. The molecule has 2 unspecified atom stereocenters. The zero-order valence-electron chi connectivity index (χ0n) is 15.8. The number of methoxy groups -OCH3 is 1. The first-order valence-corrected chi connectivity index (χ1v) is 8.51. The van der Waals surface area contributed by atoms with Crippen LogP contribution in [0.5, 0.6) is 11.5 Å². The first-order valence-electron chi connectivity index (χ1n) is 8.51. The van der Waals surface area contributed by atoms with Gasteiger partial charge in [-0.25, -0.2) is 0 Å². The molecule has 134 valence electrons. The van der Waals surface area contributed by atoms with Crippen LogP contribution in [-0.4, -0.2) is 19.1 Å². The van der Waals surface area contributed by atoms with E-state index in [4.69, 9.17) is 9.47 Å². The van der Waals surface area contributed by atoms with Crippen LogP contribution >= 0.6 is 0 Å². The third-order valence-electron chi connectivity index (χ3n) is 4.45. The molecule has 0 spiro atoms. The topological polar surface area (TPSA) is 47.6 Å². The van der Waals surface area contributed by atoms with Crippen molar-refractivity contribution in [1.82, 2.24) is 5.32 Å². The van der Waals surface area contributed by atoms with Gasteiger partial charge in [-0.2, -0.15) is 0 Å². The van der Waals surface area contributed by atoms with Gasteiger partial charge in [0.2, 0.25) is 0 Å². The minimum atomic E-state index is -0.620. The largest absolute Gasteiger partial charge is 0.493 e. The molecule has 4 nitrogen and oxygen atoms in total. The van der Waals surface area contributed by atoms with Crippen LogP contribution in [0.25, 0.3) is 0 Å². The highest BCUT2D eigenvalue weighted by atomic mass is 16.5. The van der Waals surface area contributed by atoms with Crippen LogP contribution in [0.4, 0.5) is 0 Å². The van der Waals surface area contributed by atoms with Gasteiger partial charge in [0.05, 0.1) is 13.2 Å². The van der Waals surface area contributed by atoms with Gasteiger partial charge in [-0.3, -0.25) is 4.79 Å². The predicted octanol–water partition coefficient (Wildman–Crippen LogP) is 4.27. The summed E-state index contributed by atoms with van der Waals surface area (Å²) >= 11 is 0. The highest BCUT2D eigenvalue weighted by Crippen LogP contribution is 2.27. The molecule has 0 radical (unpaired) electrons. The maximum absolute atomic E-state index is 12.5. The average molecular weight is 341 g/mol. The van der Waals surface area contributed by atoms with Crippen LogP contribution in [0.15, 0.2) is 36.4 Å². The molecule has 2 rings (SSSR count). The minimum absolute atomic E-state index is 0.0875. The number of nitrogens with one attached hydrogen (secondary N) is 1. The Morgan fingerprint density at radius 1 is 0.960 bits per heavy atom. The second kappa shape index (κ2) is 8.06. The summed E-state index contributed by atoms with van der Waals surface area (Å²) in [5, 5.41) is 3.04. The van der Waals surface area contributed by atoms with Gasteiger partial charge in [0.15, 0.2) is 17.6 Å². The third kappa shape index (κ3) is 4.53. The van der Waals surface area contributed by atoms with Crippen molar-refractivity contribution in [2.24, 2.45) is 0 Å². The Morgan fingerprint density at radius 3 is 2.20 bits per heavy atom. The summed E-state index contributed by atoms with van der Waals surface area (Å²) in [5.74, 6) is 1.01. The lowest BCUT2D eigenvalue weighted by Crippen LogP contribution is -2.38. The van der Waals surface area contributed by atoms with Gasteiger partial charge in [0.1, 0.15) is 0 Å². The Morgan fingerprint density at radius 2 is 1.56 bits per heavy atom. The van der Waals surface area contributed by atoms with Gasteiger partial charge in [0, 0.05) is 0 Å². The number of rotatable bonds is 6. The molecule has 0 aliphatic heterocycles.